The summed E-state index contributed by atoms with van der Waals surface area (Å²) in [6.07, 6.45) is 3.33. The number of fused-ring (bicyclic) bond motifs is 1. The average molecular weight is 498 g/mol. The fraction of sp³-hybridized carbons (Fsp3) is 0.0741. The van der Waals surface area contributed by atoms with Crippen LogP contribution in [0, 0.1) is 0 Å². The molecule has 0 heterocycles. The first kappa shape index (κ1) is 23.2. The maximum Gasteiger partial charge on any atom is 0.185 e. The molecule has 0 aliphatic rings. The smallest absolute Gasteiger partial charge is 0.185 e. The van der Waals surface area contributed by atoms with Crippen LogP contribution in [0.2, 0.25) is 15.1 Å². The van der Waals surface area contributed by atoms with Gasteiger partial charge >= 0.3 is 0 Å². The van der Waals surface area contributed by atoms with E-state index < -0.39 is 0 Å². The van der Waals surface area contributed by atoms with Gasteiger partial charge in [-0.15, -0.1) is 0 Å². The number of hydrogen-bond acceptors (Lipinski definition) is 3. The summed E-state index contributed by atoms with van der Waals surface area (Å²) in [5.74, 6) is 0.917. The average Bonchev–Trinajstić information content (AvgIpc) is 2.81. The Morgan fingerprint density at radius 1 is 0.879 bits per heavy atom. The SMILES string of the molecule is COc1ccc(/C=C/C(=O)c2ccc3ccccc3c2)cc1COc1c(Cl)cc(Cl)cc1Cl. The second kappa shape index (κ2) is 10.3. The predicted molar refractivity (Wildman–Crippen MR) is 136 cm³/mol. The van der Waals surface area contributed by atoms with Crippen molar-refractivity contribution in [2.24, 2.45) is 0 Å². The molecule has 0 aliphatic heterocycles. The highest BCUT2D eigenvalue weighted by Gasteiger charge is 2.12. The third kappa shape index (κ3) is 5.51. The predicted octanol–water partition coefficient (Wildman–Crippen LogP) is 8.28. The number of halogens is 3. The van der Waals surface area contributed by atoms with Crippen LogP contribution in [0.25, 0.3) is 16.8 Å². The molecule has 0 aliphatic carbocycles. The molecule has 0 fully saturated rings. The molecule has 166 valence electrons. The second-order valence-corrected chi connectivity index (χ2v) is 8.57. The summed E-state index contributed by atoms with van der Waals surface area (Å²) < 4.78 is 11.3. The first-order valence-electron chi connectivity index (χ1n) is 10.1. The second-order valence-electron chi connectivity index (χ2n) is 7.32. The Morgan fingerprint density at radius 3 is 2.33 bits per heavy atom. The topological polar surface area (TPSA) is 35.5 Å². The van der Waals surface area contributed by atoms with Gasteiger partial charge in [0.15, 0.2) is 11.5 Å². The minimum atomic E-state index is -0.0749. The molecule has 0 spiro atoms. The van der Waals surface area contributed by atoms with Crippen LogP contribution in [-0.4, -0.2) is 12.9 Å². The molecule has 0 N–H and O–H groups in total. The van der Waals surface area contributed by atoms with Gasteiger partial charge in [-0.3, -0.25) is 4.79 Å². The highest BCUT2D eigenvalue weighted by molar-refractivity contribution is 6.40. The molecule has 4 aromatic carbocycles. The molecule has 0 amide bonds. The molecular formula is C27H19Cl3O3. The normalized spacial score (nSPS) is 11.2. The Bertz CT molecular complexity index is 1340. The lowest BCUT2D eigenvalue weighted by Gasteiger charge is -2.13. The number of rotatable bonds is 7. The third-order valence-corrected chi connectivity index (χ3v) is 5.88. The lowest BCUT2D eigenvalue weighted by molar-refractivity contribution is 0.104. The molecule has 0 aromatic heterocycles. The van der Waals surface area contributed by atoms with Crippen LogP contribution in [0.15, 0.2) is 78.9 Å². The number of methoxy groups -OCH3 is 1. The summed E-state index contributed by atoms with van der Waals surface area (Å²) >= 11 is 18.4. The van der Waals surface area contributed by atoms with Crippen molar-refractivity contribution >= 4 is 57.4 Å². The monoisotopic (exact) mass is 496 g/mol. The van der Waals surface area contributed by atoms with Gasteiger partial charge in [0.25, 0.3) is 0 Å². The summed E-state index contributed by atoms with van der Waals surface area (Å²) in [5.41, 5.74) is 2.24. The van der Waals surface area contributed by atoms with Crippen molar-refractivity contribution in [2.45, 2.75) is 6.61 Å². The molecule has 0 radical (unpaired) electrons. The maximum atomic E-state index is 12.7. The van der Waals surface area contributed by atoms with Crippen molar-refractivity contribution in [3.63, 3.8) is 0 Å². The Balaban J connectivity index is 1.53. The summed E-state index contributed by atoms with van der Waals surface area (Å²) in [4.78, 5) is 12.7. The number of ether oxygens (including phenoxy) is 2. The fourth-order valence-electron chi connectivity index (χ4n) is 3.44. The molecule has 6 heteroatoms. The van der Waals surface area contributed by atoms with Crippen molar-refractivity contribution in [2.75, 3.05) is 7.11 Å². The molecule has 4 aromatic rings. The molecule has 0 saturated carbocycles. The highest BCUT2D eigenvalue weighted by Crippen LogP contribution is 2.36. The third-order valence-electron chi connectivity index (χ3n) is 5.10. The maximum absolute atomic E-state index is 12.7. The van der Waals surface area contributed by atoms with Crippen molar-refractivity contribution in [3.05, 3.63) is 111 Å². The van der Waals surface area contributed by atoms with Crippen molar-refractivity contribution in [1.82, 2.24) is 0 Å². The van der Waals surface area contributed by atoms with E-state index in [0.29, 0.717) is 32.1 Å². The van der Waals surface area contributed by atoms with Crippen LogP contribution in [0.5, 0.6) is 11.5 Å². The van der Waals surface area contributed by atoms with E-state index in [1.54, 1.807) is 31.4 Å². The first-order valence-corrected chi connectivity index (χ1v) is 11.2. The summed E-state index contributed by atoms with van der Waals surface area (Å²) in [5, 5.41) is 3.20. The number of carbonyl (C=O) groups is 1. The molecule has 0 bridgehead atoms. The van der Waals surface area contributed by atoms with E-state index in [1.807, 2.05) is 60.7 Å². The Labute approximate surface area is 207 Å². The van der Waals surface area contributed by atoms with Crippen LogP contribution in [0.3, 0.4) is 0 Å². The summed E-state index contributed by atoms with van der Waals surface area (Å²) in [7, 11) is 1.58. The lowest BCUT2D eigenvalue weighted by Crippen LogP contribution is -2.00. The van der Waals surface area contributed by atoms with E-state index in [2.05, 4.69) is 0 Å². The van der Waals surface area contributed by atoms with Gasteiger partial charge in [0.2, 0.25) is 0 Å². The Kier molecular flexibility index (Phi) is 7.24. The molecule has 4 rings (SSSR count). The van der Waals surface area contributed by atoms with E-state index >= 15 is 0 Å². The molecular weight excluding hydrogens is 479 g/mol. The standard InChI is InChI=1S/C27H19Cl3O3/c1-32-26-11-7-17(12-21(26)16-33-27-23(29)14-22(28)15-24(27)30)6-10-25(31)20-9-8-18-4-2-3-5-19(18)13-20/h2-15H,16H2,1H3/b10-6+. The van der Waals surface area contributed by atoms with Gasteiger partial charge in [0.05, 0.1) is 17.2 Å². The zero-order valence-electron chi connectivity index (χ0n) is 17.6. The van der Waals surface area contributed by atoms with Gasteiger partial charge in [-0.25, -0.2) is 0 Å². The van der Waals surface area contributed by atoms with Gasteiger partial charge in [-0.05, 0) is 52.7 Å². The largest absolute Gasteiger partial charge is 0.496 e. The minimum Gasteiger partial charge on any atom is -0.496 e. The molecule has 0 unspecified atom stereocenters. The van der Waals surface area contributed by atoms with E-state index in [4.69, 9.17) is 44.3 Å². The van der Waals surface area contributed by atoms with E-state index in [1.165, 1.54) is 0 Å². The number of ketones is 1. The van der Waals surface area contributed by atoms with Crippen LogP contribution in [0.4, 0.5) is 0 Å². The highest BCUT2D eigenvalue weighted by atomic mass is 35.5. The molecule has 3 nitrogen and oxygen atoms in total. The minimum absolute atomic E-state index is 0.0749. The Morgan fingerprint density at radius 2 is 1.61 bits per heavy atom. The number of allylic oxidation sites excluding steroid dienone is 1. The fourth-order valence-corrected chi connectivity index (χ4v) is 4.37. The Hall–Kier alpha value is -2.98. The van der Waals surface area contributed by atoms with Crippen LogP contribution in [0.1, 0.15) is 21.5 Å². The van der Waals surface area contributed by atoms with E-state index in [0.717, 1.165) is 21.9 Å². The molecule has 0 saturated heterocycles. The van der Waals surface area contributed by atoms with Crippen molar-refractivity contribution in [3.8, 4) is 11.5 Å². The van der Waals surface area contributed by atoms with Crippen LogP contribution < -0.4 is 9.47 Å². The summed E-state index contributed by atoms with van der Waals surface area (Å²) in [6.45, 7) is 0.171. The number of hydrogen-bond donors (Lipinski definition) is 0. The van der Waals surface area contributed by atoms with Gasteiger partial charge < -0.3 is 9.47 Å². The van der Waals surface area contributed by atoms with Gasteiger partial charge in [0.1, 0.15) is 12.4 Å². The van der Waals surface area contributed by atoms with Gasteiger partial charge in [-0.1, -0.05) is 83.3 Å². The quantitative estimate of drug-likeness (QED) is 0.190. The first-order chi connectivity index (χ1) is 15.9. The van der Waals surface area contributed by atoms with Gasteiger partial charge in [-0.2, -0.15) is 0 Å². The van der Waals surface area contributed by atoms with Crippen molar-refractivity contribution in [1.29, 1.82) is 0 Å². The van der Waals surface area contributed by atoms with E-state index in [-0.39, 0.29) is 12.4 Å². The molecule has 33 heavy (non-hydrogen) atoms. The lowest BCUT2D eigenvalue weighted by atomic mass is 10.0. The van der Waals surface area contributed by atoms with Crippen LogP contribution >= 0.6 is 34.8 Å². The molecule has 0 atom stereocenters. The van der Waals surface area contributed by atoms with E-state index in [9.17, 15) is 4.79 Å². The summed E-state index contributed by atoms with van der Waals surface area (Å²) in [6, 6.07) is 22.3. The number of carbonyl (C=O) groups excluding carboxylic acids is 1. The van der Waals surface area contributed by atoms with Crippen LogP contribution in [-0.2, 0) is 6.61 Å². The zero-order valence-corrected chi connectivity index (χ0v) is 19.9. The number of benzene rings is 4. The van der Waals surface area contributed by atoms with Gasteiger partial charge in [0, 0.05) is 16.1 Å². The zero-order chi connectivity index (χ0) is 23.4. The van der Waals surface area contributed by atoms with Crippen molar-refractivity contribution < 1.29 is 14.3 Å².